The van der Waals surface area contributed by atoms with Gasteiger partial charge in [0.05, 0.1) is 12.8 Å². The van der Waals surface area contributed by atoms with Crippen LogP contribution in [-0.2, 0) is 19.4 Å². The number of likely N-dealkylation sites (tertiary alicyclic amines) is 1. The molecule has 2 aliphatic carbocycles. The van der Waals surface area contributed by atoms with Crippen molar-refractivity contribution in [3.05, 3.63) is 76.5 Å². The van der Waals surface area contributed by atoms with Gasteiger partial charge in [-0.3, -0.25) is 9.88 Å². The first kappa shape index (κ1) is 22.6. The third-order valence-electron chi connectivity index (χ3n) is 8.22. The lowest BCUT2D eigenvalue weighted by Gasteiger charge is -2.33. The van der Waals surface area contributed by atoms with Crippen LogP contribution in [-0.4, -0.2) is 36.1 Å². The monoisotopic (exact) mass is 467 g/mol. The number of aromatic nitrogens is 1. The zero-order valence-corrected chi connectivity index (χ0v) is 21.1. The first-order valence-electron chi connectivity index (χ1n) is 13.4. The number of hydrogen-bond donors (Lipinski definition) is 1. The lowest BCUT2D eigenvalue weighted by molar-refractivity contribution is 0.211. The second kappa shape index (κ2) is 9.66. The number of ether oxygens (including phenoxy) is 1. The molecule has 0 unspecified atom stereocenters. The molecule has 1 aliphatic heterocycles. The number of piperidine rings is 1. The quantitative estimate of drug-likeness (QED) is 0.430. The van der Waals surface area contributed by atoms with Crippen LogP contribution in [0.3, 0.4) is 0 Å². The third kappa shape index (κ3) is 4.95. The summed E-state index contributed by atoms with van der Waals surface area (Å²) in [5.74, 6) is 1.67. The highest BCUT2D eigenvalue weighted by molar-refractivity contribution is 5.66. The maximum absolute atomic E-state index is 5.71. The molecule has 2 fully saturated rings. The predicted molar refractivity (Wildman–Crippen MR) is 143 cm³/mol. The normalized spacial score (nSPS) is 18.5. The Morgan fingerprint density at radius 1 is 0.971 bits per heavy atom. The molecule has 4 nitrogen and oxygen atoms in total. The average molecular weight is 468 g/mol. The minimum Gasteiger partial charge on any atom is -0.496 e. The zero-order chi connectivity index (χ0) is 23.8. The maximum atomic E-state index is 5.71. The number of aryl methyl sites for hydroxylation is 2. The van der Waals surface area contributed by atoms with Crippen LogP contribution in [0.4, 0.5) is 5.69 Å². The van der Waals surface area contributed by atoms with Crippen LogP contribution >= 0.6 is 0 Å². The van der Waals surface area contributed by atoms with Gasteiger partial charge in [0.2, 0.25) is 0 Å². The molecule has 3 aliphatic rings. The second-order valence-corrected chi connectivity index (χ2v) is 10.7. The Bertz CT molecular complexity index is 1210. The van der Waals surface area contributed by atoms with Gasteiger partial charge in [-0.25, -0.2) is 0 Å². The lowest BCUT2D eigenvalue weighted by atomic mass is 9.97. The fourth-order valence-electron chi connectivity index (χ4n) is 6.01. The van der Waals surface area contributed by atoms with Crippen molar-refractivity contribution < 1.29 is 4.74 Å². The van der Waals surface area contributed by atoms with Gasteiger partial charge in [-0.2, -0.15) is 0 Å². The van der Waals surface area contributed by atoms with Gasteiger partial charge in [0.15, 0.2) is 0 Å². The van der Waals surface area contributed by atoms with Crippen molar-refractivity contribution in [2.75, 3.05) is 25.5 Å². The van der Waals surface area contributed by atoms with Gasteiger partial charge >= 0.3 is 0 Å². The molecule has 0 atom stereocenters. The molecule has 182 valence electrons. The predicted octanol–water partition coefficient (Wildman–Crippen LogP) is 6.51. The molecule has 1 saturated carbocycles. The SMILES string of the molecule is COc1cc(-c2cc(CN3CCC(Nc4ccc5c(c4)CCC5)CC3)ccn2)cc(C2CC2)c1C. The highest BCUT2D eigenvalue weighted by atomic mass is 16.5. The fourth-order valence-corrected chi connectivity index (χ4v) is 6.01. The summed E-state index contributed by atoms with van der Waals surface area (Å²) in [6, 6.07) is 16.5. The Kier molecular flexibility index (Phi) is 6.24. The van der Waals surface area contributed by atoms with E-state index in [0.29, 0.717) is 12.0 Å². The summed E-state index contributed by atoms with van der Waals surface area (Å²) in [6.07, 6.45) is 10.7. The number of anilines is 1. The Labute approximate surface area is 209 Å². The summed E-state index contributed by atoms with van der Waals surface area (Å²) in [7, 11) is 1.77. The van der Waals surface area contributed by atoms with Gasteiger partial charge in [-0.15, -0.1) is 0 Å². The van der Waals surface area contributed by atoms with Crippen molar-refractivity contribution in [3.8, 4) is 17.0 Å². The number of fused-ring (bicyclic) bond motifs is 1. The summed E-state index contributed by atoms with van der Waals surface area (Å²) in [4.78, 5) is 7.32. The van der Waals surface area contributed by atoms with Crippen molar-refractivity contribution in [2.24, 2.45) is 0 Å². The molecule has 0 amide bonds. The van der Waals surface area contributed by atoms with Crippen molar-refractivity contribution in [1.82, 2.24) is 9.88 Å². The van der Waals surface area contributed by atoms with Crippen molar-refractivity contribution in [1.29, 1.82) is 0 Å². The molecule has 1 saturated heterocycles. The van der Waals surface area contributed by atoms with E-state index in [1.165, 1.54) is 72.9 Å². The van der Waals surface area contributed by atoms with Crippen molar-refractivity contribution in [3.63, 3.8) is 0 Å². The van der Waals surface area contributed by atoms with E-state index >= 15 is 0 Å². The van der Waals surface area contributed by atoms with E-state index in [-0.39, 0.29) is 0 Å². The molecule has 2 aromatic carbocycles. The van der Waals surface area contributed by atoms with E-state index in [1.54, 1.807) is 18.2 Å². The van der Waals surface area contributed by atoms with E-state index < -0.39 is 0 Å². The molecule has 3 aromatic rings. The van der Waals surface area contributed by atoms with Gasteiger partial charge < -0.3 is 10.1 Å². The Balaban J connectivity index is 1.09. The lowest BCUT2D eigenvalue weighted by Crippen LogP contribution is -2.38. The number of benzene rings is 2. The zero-order valence-electron chi connectivity index (χ0n) is 21.1. The van der Waals surface area contributed by atoms with Crippen LogP contribution in [0.15, 0.2) is 48.7 Å². The second-order valence-electron chi connectivity index (χ2n) is 10.7. The molecule has 0 bridgehead atoms. The number of nitrogens with one attached hydrogen (secondary N) is 1. The minimum absolute atomic E-state index is 0.569. The Morgan fingerprint density at radius 3 is 2.60 bits per heavy atom. The van der Waals surface area contributed by atoms with Crippen LogP contribution in [0.25, 0.3) is 11.3 Å². The van der Waals surface area contributed by atoms with Gasteiger partial charge in [0.1, 0.15) is 5.75 Å². The summed E-state index contributed by atoms with van der Waals surface area (Å²) in [6.45, 7) is 5.43. The van der Waals surface area contributed by atoms with Crippen LogP contribution in [0, 0.1) is 6.92 Å². The third-order valence-corrected chi connectivity index (χ3v) is 8.22. The number of rotatable bonds is 7. The standard InChI is InChI=1S/C31H37N3O/c1-21-29(24-6-7-24)18-26(19-31(21)35-2)30-16-22(10-13-32-30)20-34-14-11-27(12-15-34)33-28-9-8-23-4-3-5-25(23)17-28/h8-10,13,16-19,24,27,33H,3-7,11-12,14-15,20H2,1-2H3. The highest BCUT2D eigenvalue weighted by Gasteiger charge is 2.27. The molecule has 0 radical (unpaired) electrons. The summed E-state index contributed by atoms with van der Waals surface area (Å²) in [5, 5.41) is 3.81. The van der Waals surface area contributed by atoms with Crippen molar-refractivity contribution >= 4 is 5.69 Å². The number of pyridine rings is 1. The van der Waals surface area contributed by atoms with Gasteiger partial charge in [-0.1, -0.05) is 6.07 Å². The molecule has 1 N–H and O–H groups in total. The van der Waals surface area contributed by atoms with Gasteiger partial charge in [-0.05, 0) is 122 Å². The summed E-state index contributed by atoms with van der Waals surface area (Å²) >= 11 is 0. The first-order chi connectivity index (χ1) is 17.2. The first-order valence-corrected chi connectivity index (χ1v) is 13.4. The smallest absolute Gasteiger partial charge is 0.122 e. The van der Waals surface area contributed by atoms with Gasteiger partial charge in [0, 0.05) is 43.1 Å². The molecule has 1 aromatic heterocycles. The Morgan fingerprint density at radius 2 is 1.80 bits per heavy atom. The topological polar surface area (TPSA) is 37.4 Å². The highest BCUT2D eigenvalue weighted by Crippen LogP contribution is 2.45. The Hall–Kier alpha value is -2.85. The van der Waals surface area contributed by atoms with E-state index in [2.05, 4.69) is 59.6 Å². The molecule has 6 rings (SSSR count). The molecule has 4 heteroatoms. The molecule has 0 spiro atoms. The maximum Gasteiger partial charge on any atom is 0.122 e. The molecule has 2 heterocycles. The van der Waals surface area contributed by atoms with Crippen LogP contribution < -0.4 is 10.1 Å². The number of methoxy groups -OCH3 is 1. The van der Waals surface area contributed by atoms with Crippen LogP contribution in [0.1, 0.15) is 65.8 Å². The van der Waals surface area contributed by atoms with Crippen molar-refractivity contribution in [2.45, 2.75) is 70.4 Å². The van der Waals surface area contributed by atoms with E-state index in [9.17, 15) is 0 Å². The molecular formula is C31H37N3O. The largest absolute Gasteiger partial charge is 0.496 e. The van der Waals surface area contributed by atoms with Crippen LogP contribution in [0.5, 0.6) is 5.75 Å². The minimum atomic E-state index is 0.569. The van der Waals surface area contributed by atoms with Gasteiger partial charge in [0.25, 0.3) is 0 Å². The fraction of sp³-hybridized carbons (Fsp3) is 0.452. The van der Waals surface area contributed by atoms with E-state index in [4.69, 9.17) is 9.72 Å². The summed E-state index contributed by atoms with van der Waals surface area (Å²) < 4.78 is 5.71. The molecule has 35 heavy (non-hydrogen) atoms. The average Bonchev–Trinajstić information content (AvgIpc) is 3.62. The molecular weight excluding hydrogens is 430 g/mol. The van der Waals surface area contributed by atoms with E-state index in [0.717, 1.165) is 31.1 Å². The van der Waals surface area contributed by atoms with Crippen LogP contribution in [0.2, 0.25) is 0 Å². The van der Waals surface area contributed by atoms with E-state index in [1.807, 2.05) is 6.20 Å². The number of nitrogens with zero attached hydrogens (tertiary/aromatic N) is 2. The number of hydrogen-bond acceptors (Lipinski definition) is 4. The summed E-state index contributed by atoms with van der Waals surface area (Å²) in [5.41, 5.74) is 10.7.